The van der Waals surface area contributed by atoms with Gasteiger partial charge in [0.2, 0.25) is 5.91 Å². The van der Waals surface area contributed by atoms with E-state index in [1.165, 1.54) is 0 Å². The fourth-order valence-corrected chi connectivity index (χ4v) is 3.21. The quantitative estimate of drug-likeness (QED) is 0.723. The number of anilines is 1. The molecule has 0 fully saturated rings. The van der Waals surface area contributed by atoms with Crippen molar-refractivity contribution in [2.45, 2.75) is 23.3 Å². The van der Waals surface area contributed by atoms with Crippen LogP contribution in [0.5, 0.6) is 0 Å². The van der Waals surface area contributed by atoms with Gasteiger partial charge in [0.1, 0.15) is 6.54 Å². The summed E-state index contributed by atoms with van der Waals surface area (Å²) in [6.07, 6.45) is 3.57. The minimum absolute atomic E-state index is 0.109. The zero-order chi connectivity index (χ0) is 16.9. The van der Waals surface area contributed by atoms with Gasteiger partial charge in [0.05, 0.1) is 11.9 Å². The largest absolute Gasteiger partial charge is 0.323 e. The lowest BCUT2D eigenvalue weighted by molar-refractivity contribution is -0.116. The molecule has 1 amide bonds. The zero-order valence-electron chi connectivity index (χ0n) is 13.1. The van der Waals surface area contributed by atoms with Crippen LogP contribution in [0, 0.1) is 6.92 Å². The van der Waals surface area contributed by atoms with Crippen LogP contribution in [0.4, 0.5) is 5.69 Å². The highest BCUT2D eigenvalue weighted by Gasteiger charge is 2.09. The molecular formula is C18H16ClN3OS. The Morgan fingerprint density at radius 2 is 1.96 bits per heavy atom. The van der Waals surface area contributed by atoms with Gasteiger partial charge in [-0.25, -0.2) is 0 Å². The van der Waals surface area contributed by atoms with Crippen molar-refractivity contribution in [3.63, 3.8) is 0 Å². The second kappa shape index (κ2) is 7.55. The predicted octanol–water partition coefficient (Wildman–Crippen LogP) is 4.63. The van der Waals surface area contributed by atoms with Crippen LogP contribution in [0.15, 0.2) is 70.7 Å². The fraction of sp³-hybridized carbons (Fsp3) is 0.111. The lowest BCUT2D eigenvalue weighted by Crippen LogP contribution is -2.19. The van der Waals surface area contributed by atoms with E-state index in [9.17, 15) is 4.79 Å². The lowest BCUT2D eigenvalue weighted by atomic mass is 10.3. The molecule has 0 atom stereocenters. The highest BCUT2D eigenvalue weighted by atomic mass is 35.5. The van der Waals surface area contributed by atoms with Crippen LogP contribution >= 0.6 is 23.4 Å². The van der Waals surface area contributed by atoms with Crippen molar-refractivity contribution in [1.82, 2.24) is 9.78 Å². The molecule has 1 heterocycles. The summed E-state index contributed by atoms with van der Waals surface area (Å²) < 4.78 is 1.62. The summed E-state index contributed by atoms with van der Waals surface area (Å²) in [5.41, 5.74) is 1.81. The molecule has 24 heavy (non-hydrogen) atoms. The Bertz CT molecular complexity index is 845. The van der Waals surface area contributed by atoms with Gasteiger partial charge in [0, 0.05) is 21.0 Å². The summed E-state index contributed by atoms with van der Waals surface area (Å²) in [4.78, 5) is 14.3. The Hall–Kier alpha value is -2.24. The van der Waals surface area contributed by atoms with E-state index >= 15 is 0 Å². The molecule has 0 aliphatic carbocycles. The number of carbonyl (C=O) groups excluding carboxylic acids is 1. The first-order chi connectivity index (χ1) is 11.6. The van der Waals surface area contributed by atoms with E-state index in [-0.39, 0.29) is 12.5 Å². The smallest absolute Gasteiger partial charge is 0.246 e. The molecule has 1 N–H and O–H groups in total. The second-order valence-corrected chi connectivity index (χ2v) is 6.87. The van der Waals surface area contributed by atoms with Gasteiger partial charge in [0.15, 0.2) is 0 Å². The number of carbonyl (C=O) groups is 1. The van der Waals surface area contributed by atoms with E-state index < -0.39 is 0 Å². The third-order valence-electron chi connectivity index (χ3n) is 3.27. The molecule has 0 bridgehead atoms. The number of para-hydroxylation sites is 1. The molecule has 0 radical (unpaired) electrons. The van der Waals surface area contributed by atoms with Crippen LogP contribution in [0.25, 0.3) is 0 Å². The Kier molecular flexibility index (Phi) is 5.23. The van der Waals surface area contributed by atoms with E-state index in [0.29, 0.717) is 5.02 Å². The number of hydrogen-bond donors (Lipinski definition) is 1. The van der Waals surface area contributed by atoms with Crippen LogP contribution in [0.2, 0.25) is 5.02 Å². The van der Waals surface area contributed by atoms with Gasteiger partial charge in [0.25, 0.3) is 0 Å². The minimum atomic E-state index is -0.109. The third-order valence-corrected chi connectivity index (χ3v) is 4.61. The number of benzene rings is 2. The number of aryl methyl sites for hydroxylation is 1. The summed E-state index contributed by atoms with van der Waals surface area (Å²) in [5, 5.41) is 7.79. The second-order valence-electron chi connectivity index (χ2n) is 5.32. The minimum Gasteiger partial charge on any atom is -0.323 e. The maximum Gasteiger partial charge on any atom is 0.246 e. The van der Waals surface area contributed by atoms with Crippen LogP contribution in [0.1, 0.15) is 5.56 Å². The zero-order valence-corrected chi connectivity index (χ0v) is 14.6. The molecule has 0 saturated heterocycles. The maximum atomic E-state index is 12.2. The van der Waals surface area contributed by atoms with Gasteiger partial charge < -0.3 is 5.32 Å². The van der Waals surface area contributed by atoms with Crippen molar-refractivity contribution in [2.24, 2.45) is 0 Å². The molecule has 0 spiro atoms. The van der Waals surface area contributed by atoms with Crippen molar-refractivity contribution in [1.29, 1.82) is 0 Å². The fourth-order valence-electron chi connectivity index (χ4n) is 2.18. The standard InChI is InChI=1S/C18H16ClN3OS/c1-13-10-20-22(11-13)12-18(23)21-16-4-2-3-5-17(16)24-15-8-6-14(19)7-9-15/h2-11H,12H2,1H3,(H,21,23). The van der Waals surface area contributed by atoms with Crippen molar-refractivity contribution >= 4 is 35.0 Å². The number of aromatic nitrogens is 2. The van der Waals surface area contributed by atoms with Crippen molar-refractivity contribution in [2.75, 3.05) is 5.32 Å². The first-order valence-corrected chi connectivity index (χ1v) is 8.61. The van der Waals surface area contributed by atoms with Crippen molar-refractivity contribution in [3.05, 3.63) is 71.5 Å². The van der Waals surface area contributed by atoms with Crippen molar-refractivity contribution in [3.8, 4) is 0 Å². The number of rotatable bonds is 5. The SMILES string of the molecule is Cc1cnn(CC(=O)Nc2ccccc2Sc2ccc(Cl)cc2)c1. The number of nitrogens with one attached hydrogen (secondary N) is 1. The van der Waals surface area contributed by atoms with E-state index in [4.69, 9.17) is 11.6 Å². The van der Waals surface area contributed by atoms with Gasteiger partial charge in [-0.3, -0.25) is 9.48 Å². The number of hydrogen-bond acceptors (Lipinski definition) is 3. The summed E-state index contributed by atoms with van der Waals surface area (Å²) in [6.45, 7) is 2.13. The Labute approximate surface area is 149 Å². The normalized spacial score (nSPS) is 10.6. The number of halogens is 1. The third kappa shape index (κ3) is 4.40. The van der Waals surface area contributed by atoms with Gasteiger partial charge in [-0.1, -0.05) is 35.5 Å². The first-order valence-electron chi connectivity index (χ1n) is 7.41. The summed E-state index contributed by atoms with van der Waals surface area (Å²) in [5.74, 6) is -0.109. The number of amides is 1. The van der Waals surface area contributed by atoms with Crippen LogP contribution in [-0.2, 0) is 11.3 Å². The monoisotopic (exact) mass is 357 g/mol. The molecule has 1 aromatic heterocycles. The van der Waals surface area contributed by atoms with Gasteiger partial charge >= 0.3 is 0 Å². The average molecular weight is 358 g/mol. The summed E-state index contributed by atoms with van der Waals surface area (Å²) >= 11 is 7.50. The van der Waals surface area contributed by atoms with Gasteiger partial charge in [-0.15, -0.1) is 0 Å². The van der Waals surface area contributed by atoms with Crippen molar-refractivity contribution < 1.29 is 4.79 Å². The van der Waals surface area contributed by atoms with Crippen LogP contribution in [-0.4, -0.2) is 15.7 Å². The molecule has 3 aromatic rings. The average Bonchev–Trinajstić information content (AvgIpc) is 2.96. The van der Waals surface area contributed by atoms with E-state index in [1.807, 2.05) is 61.7 Å². The van der Waals surface area contributed by atoms with Gasteiger partial charge in [-0.2, -0.15) is 5.10 Å². The van der Waals surface area contributed by atoms with E-state index in [2.05, 4.69) is 10.4 Å². The highest BCUT2D eigenvalue weighted by Crippen LogP contribution is 2.33. The van der Waals surface area contributed by atoms with E-state index in [1.54, 1.807) is 22.6 Å². The van der Waals surface area contributed by atoms with Crippen LogP contribution in [0.3, 0.4) is 0 Å². The Balaban J connectivity index is 1.71. The summed E-state index contributed by atoms with van der Waals surface area (Å²) in [7, 11) is 0. The molecule has 122 valence electrons. The first kappa shape index (κ1) is 16.6. The predicted molar refractivity (Wildman–Crippen MR) is 97.6 cm³/mol. The van der Waals surface area contributed by atoms with E-state index in [0.717, 1.165) is 21.0 Å². The maximum absolute atomic E-state index is 12.2. The van der Waals surface area contributed by atoms with Gasteiger partial charge in [-0.05, 0) is 48.9 Å². The summed E-state index contributed by atoms with van der Waals surface area (Å²) in [6, 6.07) is 15.3. The topological polar surface area (TPSA) is 46.9 Å². The molecule has 4 nitrogen and oxygen atoms in total. The molecule has 0 saturated carbocycles. The Morgan fingerprint density at radius 3 is 2.67 bits per heavy atom. The van der Waals surface area contributed by atoms with Crippen LogP contribution < -0.4 is 5.32 Å². The molecule has 2 aromatic carbocycles. The molecule has 0 aliphatic heterocycles. The molecule has 3 rings (SSSR count). The lowest BCUT2D eigenvalue weighted by Gasteiger charge is -2.11. The molecular weight excluding hydrogens is 342 g/mol. The number of nitrogens with zero attached hydrogens (tertiary/aromatic N) is 2. The molecule has 0 aliphatic rings. The molecule has 6 heteroatoms. The molecule has 0 unspecified atom stereocenters. The Morgan fingerprint density at radius 1 is 1.21 bits per heavy atom. The highest BCUT2D eigenvalue weighted by molar-refractivity contribution is 7.99.